The van der Waals surface area contributed by atoms with Crippen molar-refractivity contribution in [3.8, 4) is 0 Å². The van der Waals surface area contributed by atoms with Crippen molar-refractivity contribution >= 4 is 5.91 Å². The number of hydrogen-bond donors (Lipinski definition) is 1. The minimum atomic E-state index is 0.0150. The lowest BCUT2D eigenvalue weighted by molar-refractivity contribution is -0.136. The monoisotopic (exact) mass is 172 g/mol. The summed E-state index contributed by atoms with van der Waals surface area (Å²) in [6.45, 7) is 4.22. The number of amides is 1. The summed E-state index contributed by atoms with van der Waals surface area (Å²) in [5.74, 6) is 0.128. The highest BCUT2D eigenvalue weighted by Crippen LogP contribution is 2.13. The van der Waals surface area contributed by atoms with E-state index in [-0.39, 0.29) is 11.8 Å². The van der Waals surface area contributed by atoms with Gasteiger partial charge in [0.15, 0.2) is 0 Å². The van der Waals surface area contributed by atoms with Crippen LogP contribution in [0, 0.1) is 5.92 Å². The van der Waals surface area contributed by atoms with Gasteiger partial charge in [0.05, 0.1) is 12.5 Å². The van der Waals surface area contributed by atoms with Crippen molar-refractivity contribution in [2.75, 3.05) is 26.7 Å². The second-order valence-corrected chi connectivity index (χ2v) is 3.15. The SMILES string of the molecule is CCONC(=O)C1CCN(C)C1. The van der Waals surface area contributed by atoms with E-state index in [0.717, 1.165) is 19.5 Å². The maximum Gasteiger partial charge on any atom is 0.247 e. The lowest BCUT2D eigenvalue weighted by Crippen LogP contribution is -2.32. The van der Waals surface area contributed by atoms with E-state index >= 15 is 0 Å². The highest BCUT2D eigenvalue weighted by atomic mass is 16.6. The Morgan fingerprint density at radius 3 is 3.00 bits per heavy atom. The van der Waals surface area contributed by atoms with Crippen LogP contribution in [0.2, 0.25) is 0 Å². The molecular weight excluding hydrogens is 156 g/mol. The molecule has 1 heterocycles. The van der Waals surface area contributed by atoms with E-state index in [4.69, 9.17) is 4.84 Å². The molecular formula is C8H16N2O2. The molecule has 1 aliphatic rings. The molecule has 1 rings (SSSR count). The van der Waals surface area contributed by atoms with Crippen molar-refractivity contribution < 1.29 is 9.63 Å². The van der Waals surface area contributed by atoms with Gasteiger partial charge in [0, 0.05) is 6.54 Å². The predicted molar refractivity (Wildman–Crippen MR) is 45.4 cm³/mol. The molecule has 4 heteroatoms. The summed E-state index contributed by atoms with van der Waals surface area (Å²) in [6, 6.07) is 0. The Morgan fingerprint density at radius 2 is 2.50 bits per heavy atom. The van der Waals surface area contributed by atoms with E-state index < -0.39 is 0 Å². The Kier molecular flexibility index (Phi) is 3.49. The lowest BCUT2D eigenvalue weighted by atomic mass is 10.1. The third-order valence-corrected chi connectivity index (χ3v) is 2.08. The van der Waals surface area contributed by atoms with Gasteiger partial charge in [0.2, 0.25) is 5.91 Å². The second-order valence-electron chi connectivity index (χ2n) is 3.15. The first-order valence-corrected chi connectivity index (χ1v) is 4.34. The molecule has 0 saturated carbocycles. The molecule has 4 nitrogen and oxygen atoms in total. The molecule has 0 aromatic heterocycles. The molecule has 12 heavy (non-hydrogen) atoms. The summed E-state index contributed by atoms with van der Waals surface area (Å²) in [5, 5.41) is 0. The van der Waals surface area contributed by atoms with Crippen LogP contribution in [0.25, 0.3) is 0 Å². The van der Waals surface area contributed by atoms with Crippen LogP contribution in [-0.2, 0) is 9.63 Å². The van der Waals surface area contributed by atoms with Crippen LogP contribution in [0.1, 0.15) is 13.3 Å². The van der Waals surface area contributed by atoms with E-state index in [0.29, 0.717) is 6.61 Å². The van der Waals surface area contributed by atoms with E-state index in [1.807, 2.05) is 14.0 Å². The van der Waals surface area contributed by atoms with Gasteiger partial charge in [-0.3, -0.25) is 9.63 Å². The van der Waals surface area contributed by atoms with E-state index in [1.165, 1.54) is 0 Å². The van der Waals surface area contributed by atoms with Crippen molar-refractivity contribution in [2.24, 2.45) is 5.92 Å². The number of nitrogens with one attached hydrogen (secondary N) is 1. The molecule has 0 radical (unpaired) electrons. The molecule has 0 aromatic carbocycles. The van der Waals surface area contributed by atoms with Crippen molar-refractivity contribution in [2.45, 2.75) is 13.3 Å². The van der Waals surface area contributed by atoms with Crippen LogP contribution >= 0.6 is 0 Å². The second kappa shape index (κ2) is 4.42. The molecule has 0 bridgehead atoms. The Labute approximate surface area is 72.8 Å². The smallest absolute Gasteiger partial charge is 0.247 e. The Hall–Kier alpha value is -0.610. The number of likely N-dealkylation sites (tertiary alicyclic amines) is 1. The zero-order valence-corrected chi connectivity index (χ0v) is 7.67. The van der Waals surface area contributed by atoms with Crippen molar-refractivity contribution in [1.82, 2.24) is 10.4 Å². The average molecular weight is 172 g/mol. The fourth-order valence-corrected chi connectivity index (χ4v) is 1.38. The van der Waals surface area contributed by atoms with Crippen LogP contribution in [0.15, 0.2) is 0 Å². The summed E-state index contributed by atoms with van der Waals surface area (Å²) >= 11 is 0. The number of carbonyl (C=O) groups excluding carboxylic acids is 1. The fourth-order valence-electron chi connectivity index (χ4n) is 1.38. The van der Waals surface area contributed by atoms with Crippen LogP contribution in [0.4, 0.5) is 0 Å². The molecule has 0 spiro atoms. The molecule has 0 aliphatic carbocycles. The zero-order valence-electron chi connectivity index (χ0n) is 7.67. The summed E-state index contributed by atoms with van der Waals surface area (Å²) in [5.41, 5.74) is 2.43. The molecule has 1 fully saturated rings. The molecule has 1 amide bonds. The predicted octanol–water partition coefficient (Wildman–Crippen LogP) is 0.00580. The van der Waals surface area contributed by atoms with Gasteiger partial charge in [0.1, 0.15) is 0 Å². The minimum Gasteiger partial charge on any atom is -0.306 e. The highest BCUT2D eigenvalue weighted by Gasteiger charge is 2.25. The number of carbonyl (C=O) groups is 1. The molecule has 1 N–H and O–H groups in total. The lowest BCUT2D eigenvalue weighted by Gasteiger charge is -2.09. The zero-order chi connectivity index (χ0) is 8.97. The van der Waals surface area contributed by atoms with Crippen LogP contribution in [-0.4, -0.2) is 37.6 Å². The minimum absolute atomic E-state index is 0.0150. The number of nitrogens with zero attached hydrogens (tertiary/aromatic N) is 1. The quantitative estimate of drug-likeness (QED) is 0.609. The van der Waals surface area contributed by atoms with Crippen molar-refractivity contribution in [1.29, 1.82) is 0 Å². The number of hydrogen-bond acceptors (Lipinski definition) is 3. The van der Waals surface area contributed by atoms with Crippen LogP contribution in [0.3, 0.4) is 0 Å². The maximum atomic E-state index is 11.3. The fraction of sp³-hybridized carbons (Fsp3) is 0.875. The Bertz CT molecular complexity index is 161. The highest BCUT2D eigenvalue weighted by molar-refractivity contribution is 5.78. The summed E-state index contributed by atoms with van der Waals surface area (Å²) < 4.78 is 0. The van der Waals surface area contributed by atoms with Gasteiger partial charge in [-0.2, -0.15) is 0 Å². The standard InChI is InChI=1S/C8H16N2O2/c1-3-12-9-8(11)7-4-5-10(2)6-7/h7H,3-6H2,1-2H3,(H,9,11). The van der Waals surface area contributed by atoms with Gasteiger partial charge in [-0.15, -0.1) is 0 Å². The summed E-state index contributed by atoms with van der Waals surface area (Å²) in [4.78, 5) is 18.3. The van der Waals surface area contributed by atoms with Gasteiger partial charge in [-0.05, 0) is 26.9 Å². The molecule has 70 valence electrons. The number of hydroxylamine groups is 1. The number of rotatable bonds is 3. The first kappa shape index (κ1) is 9.48. The third kappa shape index (κ3) is 2.46. The largest absolute Gasteiger partial charge is 0.306 e. The first-order valence-electron chi connectivity index (χ1n) is 4.34. The Morgan fingerprint density at radius 1 is 1.75 bits per heavy atom. The molecule has 1 aliphatic heterocycles. The normalized spacial score (nSPS) is 24.3. The first-order chi connectivity index (χ1) is 5.74. The van der Waals surface area contributed by atoms with Gasteiger partial charge < -0.3 is 4.90 Å². The molecule has 1 unspecified atom stereocenters. The van der Waals surface area contributed by atoms with Gasteiger partial charge in [0.25, 0.3) is 0 Å². The topological polar surface area (TPSA) is 41.6 Å². The van der Waals surface area contributed by atoms with Gasteiger partial charge >= 0.3 is 0 Å². The van der Waals surface area contributed by atoms with E-state index in [1.54, 1.807) is 0 Å². The molecule has 0 aromatic rings. The molecule has 1 atom stereocenters. The van der Waals surface area contributed by atoms with Gasteiger partial charge in [-0.25, -0.2) is 5.48 Å². The van der Waals surface area contributed by atoms with Gasteiger partial charge in [-0.1, -0.05) is 0 Å². The average Bonchev–Trinajstić information content (AvgIpc) is 2.47. The van der Waals surface area contributed by atoms with E-state index in [2.05, 4.69) is 10.4 Å². The summed E-state index contributed by atoms with van der Waals surface area (Å²) in [6.07, 6.45) is 0.940. The van der Waals surface area contributed by atoms with Crippen LogP contribution < -0.4 is 5.48 Å². The van der Waals surface area contributed by atoms with Crippen LogP contribution in [0.5, 0.6) is 0 Å². The van der Waals surface area contributed by atoms with Crippen molar-refractivity contribution in [3.05, 3.63) is 0 Å². The third-order valence-electron chi connectivity index (χ3n) is 2.08. The molecule has 1 saturated heterocycles. The Balaban J connectivity index is 2.23. The summed E-state index contributed by atoms with van der Waals surface area (Å²) in [7, 11) is 2.02. The van der Waals surface area contributed by atoms with E-state index in [9.17, 15) is 4.79 Å². The van der Waals surface area contributed by atoms with Crippen molar-refractivity contribution in [3.63, 3.8) is 0 Å². The maximum absolute atomic E-state index is 11.3.